The van der Waals surface area contributed by atoms with Gasteiger partial charge in [-0.3, -0.25) is 13.2 Å². The number of ether oxygens (including phenoxy) is 4. The summed E-state index contributed by atoms with van der Waals surface area (Å²) in [5.41, 5.74) is 0.191. The average Bonchev–Trinajstić information content (AvgIpc) is 1.70. The molecule has 0 aliphatic carbocycles. The lowest BCUT2D eigenvalue weighted by atomic mass is 9.80. The molecule has 9 rings (SSSR count). The molecule has 1 saturated heterocycles. The quantitative estimate of drug-likeness (QED) is 0.0545. The van der Waals surface area contributed by atoms with Gasteiger partial charge in [0, 0.05) is 63.1 Å². The van der Waals surface area contributed by atoms with Crippen molar-refractivity contribution in [2.24, 2.45) is 17.8 Å². The molecule has 0 atom stereocenters. The van der Waals surface area contributed by atoms with Gasteiger partial charge in [-0.15, -0.1) is 30.6 Å². The molecule has 0 aromatic carbocycles. The molecule has 95 heavy (non-hydrogen) atoms. The fourth-order valence-electron chi connectivity index (χ4n) is 6.70. The molecule has 0 radical (unpaired) electrons. The Morgan fingerprint density at radius 1 is 0.537 bits per heavy atom. The Bertz CT molecular complexity index is 3600. The molecular formula is C59H79BBr2ClF14N11O7. The lowest BCUT2D eigenvalue weighted by molar-refractivity contribution is -0.259. The molecular weight excluding hydrogens is 1450 g/mol. The van der Waals surface area contributed by atoms with Crippen LogP contribution < -0.4 is 14.9 Å². The summed E-state index contributed by atoms with van der Waals surface area (Å²) in [5, 5.41) is 25.8. The highest BCUT2D eigenvalue weighted by Gasteiger charge is 2.52. The van der Waals surface area contributed by atoms with Gasteiger partial charge in [0.15, 0.2) is 41.8 Å². The minimum absolute atomic E-state index is 0. The maximum absolute atomic E-state index is 14.4. The van der Waals surface area contributed by atoms with Crippen molar-refractivity contribution in [3.05, 3.63) is 118 Å². The normalized spacial score (nSPS) is 13.5. The third kappa shape index (κ3) is 26.3. The van der Waals surface area contributed by atoms with Crippen LogP contribution in [-0.4, -0.2) is 123 Å². The Morgan fingerprint density at radius 3 is 1.25 bits per heavy atom. The molecule has 8 aromatic rings. The van der Waals surface area contributed by atoms with Gasteiger partial charge in [-0.05, 0) is 137 Å². The third-order valence-corrected chi connectivity index (χ3v) is 12.8. The summed E-state index contributed by atoms with van der Waals surface area (Å²) >= 11 is 11.2. The smallest absolute Gasteiger partial charge is 0.466 e. The predicted molar refractivity (Wildman–Crippen MR) is 340 cm³/mol. The van der Waals surface area contributed by atoms with E-state index in [1.54, 1.807) is 52.0 Å². The number of pyridine rings is 5. The molecule has 0 spiro atoms. The number of alkyl halides is 13. The van der Waals surface area contributed by atoms with E-state index in [0.29, 0.717) is 32.8 Å². The molecule has 0 unspecified atom stereocenters. The zero-order valence-electron chi connectivity index (χ0n) is 50.6. The van der Waals surface area contributed by atoms with Crippen LogP contribution in [0.3, 0.4) is 0 Å². The van der Waals surface area contributed by atoms with Crippen molar-refractivity contribution in [2.45, 2.75) is 154 Å². The van der Waals surface area contributed by atoms with Crippen molar-refractivity contribution in [1.82, 2.24) is 53.8 Å². The lowest BCUT2D eigenvalue weighted by Gasteiger charge is -2.32. The van der Waals surface area contributed by atoms with E-state index in [4.69, 9.17) is 26.0 Å². The van der Waals surface area contributed by atoms with E-state index in [0.717, 1.165) is 27.1 Å². The van der Waals surface area contributed by atoms with Crippen molar-refractivity contribution >= 4 is 73.0 Å². The maximum Gasteiger partial charge on any atom is 0.496 e. The molecule has 18 nitrogen and oxygen atoms in total. The number of hydrogen-bond acceptors (Lipinski definition) is 15. The van der Waals surface area contributed by atoms with Gasteiger partial charge in [0.2, 0.25) is 17.5 Å². The minimum Gasteiger partial charge on any atom is -0.466 e. The Morgan fingerprint density at radius 2 is 0.895 bits per heavy atom. The number of fused-ring (bicyclic) bond motifs is 3. The highest BCUT2D eigenvalue weighted by Crippen LogP contribution is 2.38. The van der Waals surface area contributed by atoms with E-state index in [1.165, 1.54) is 41.3 Å². The molecule has 1 aliphatic heterocycles. The average molecular weight is 1530 g/mol. The summed E-state index contributed by atoms with van der Waals surface area (Å²) < 4.78 is 217. The first-order valence-electron chi connectivity index (χ1n) is 27.2. The van der Waals surface area contributed by atoms with Crippen LogP contribution in [0.4, 0.5) is 61.5 Å². The van der Waals surface area contributed by atoms with Crippen LogP contribution in [0, 0.1) is 29.4 Å². The van der Waals surface area contributed by atoms with Crippen molar-refractivity contribution < 1.29 is 94.8 Å². The van der Waals surface area contributed by atoms with Crippen LogP contribution >= 0.6 is 43.5 Å². The number of halogens is 17. The number of aromatic nitrogens is 11. The predicted octanol–water partition coefficient (Wildman–Crippen LogP) is 17.3. The fourth-order valence-corrected chi connectivity index (χ4v) is 7.50. The second-order valence-electron chi connectivity index (χ2n) is 21.3. The highest BCUT2D eigenvalue weighted by molar-refractivity contribution is 9.10. The third-order valence-electron chi connectivity index (χ3n) is 11.7. The Kier molecular flexibility index (Phi) is 34.6. The van der Waals surface area contributed by atoms with E-state index in [9.17, 15) is 61.5 Å². The Hall–Kier alpha value is -6.11. The van der Waals surface area contributed by atoms with Gasteiger partial charge in [0.1, 0.15) is 0 Å². The number of hydrogen-bond donors (Lipinski definition) is 1. The minimum atomic E-state index is -4.65. The van der Waals surface area contributed by atoms with Crippen LogP contribution in [0.1, 0.15) is 130 Å². The highest BCUT2D eigenvalue weighted by atomic mass is 79.9. The molecule has 1 fully saturated rings. The van der Waals surface area contributed by atoms with E-state index < -0.39 is 102 Å². The Balaban J connectivity index is 0.00000122. The molecule has 0 saturated carbocycles. The first-order chi connectivity index (χ1) is 42.0. The molecule has 1 N–H and O–H groups in total. The van der Waals surface area contributed by atoms with Crippen LogP contribution in [-0.2, 0) is 36.4 Å². The summed E-state index contributed by atoms with van der Waals surface area (Å²) in [6.45, 7) is 19.0. The van der Waals surface area contributed by atoms with E-state index in [-0.39, 0.29) is 77.0 Å². The van der Waals surface area contributed by atoms with Crippen molar-refractivity contribution in [3.8, 4) is 22.9 Å². The van der Waals surface area contributed by atoms with Gasteiger partial charge < -0.3 is 33.4 Å². The van der Waals surface area contributed by atoms with Crippen molar-refractivity contribution in [3.63, 3.8) is 0 Å². The zero-order chi connectivity index (χ0) is 68.8. The molecule has 9 heterocycles. The van der Waals surface area contributed by atoms with Crippen molar-refractivity contribution in [2.75, 3.05) is 33.0 Å². The monoisotopic (exact) mass is 1520 g/mol. The molecule has 1 aliphatic rings. The summed E-state index contributed by atoms with van der Waals surface area (Å²) in [4.78, 5) is 7.10. The zero-order valence-corrected chi connectivity index (χ0v) is 54.5. The largest absolute Gasteiger partial charge is 0.496 e. The van der Waals surface area contributed by atoms with Crippen LogP contribution in [0.5, 0.6) is 11.8 Å². The molecule has 0 bridgehead atoms. The molecule has 8 aromatic heterocycles. The first-order valence-corrected chi connectivity index (χ1v) is 29.1. The van der Waals surface area contributed by atoms with Crippen LogP contribution in [0.15, 0.2) is 88.5 Å². The molecule has 0 amide bonds. The van der Waals surface area contributed by atoms with Gasteiger partial charge in [-0.2, -0.15) is 52.7 Å². The second-order valence-corrected chi connectivity index (χ2v) is 23.7. The summed E-state index contributed by atoms with van der Waals surface area (Å²) in [5.74, 6) is -5.22. The number of aliphatic hydroxyl groups excluding tert-OH is 1. The van der Waals surface area contributed by atoms with E-state index in [2.05, 4.69) is 91.4 Å². The molecule has 36 heteroatoms. The van der Waals surface area contributed by atoms with E-state index in [1.807, 2.05) is 55.4 Å². The standard InChI is InChI=1S/C18H16F6N4O2.C13H16BF4NO3.C11H12BrF2N3O.C7H3BrClF2N3.C4H10O.C2H6.4CH4/c1-10(2)8-30-18(23,24)16-27-26-14-4-3-11(7-28(14)16)12-5-13(19)15(25-6-12)29-9-17(20,21)22;1-11(2)12(3,4)22-14(21-11)8-5-9(15)10(19-6-8)20-7-13(16,17)18;1-7(2)6-18-11(13,14)10-16-15-9-4-3-8(12)5-17(9)10;8-4-1-2-5-12-13-6(7(9,10)11)14(5)3-4;1-4(2)3-5;1-2;;;;/h3-7,10H,8-9H2,1-2H3;5-6H,7H2,1-4H3;3-5,7H,6H2,1-2H3;1-3H;4-5H,3H2,1-2H3;1-2H3;4*1H4. The van der Waals surface area contributed by atoms with Gasteiger partial charge in [-0.1, -0.05) is 85.1 Å². The Labute approximate surface area is 564 Å². The topological polar surface area (TPSA) is 192 Å². The fraction of sp³-hybridized carbons (Fsp3) is 0.525. The number of rotatable bonds is 16. The van der Waals surface area contributed by atoms with Crippen molar-refractivity contribution in [1.29, 1.82) is 0 Å². The summed E-state index contributed by atoms with van der Waals surface area (Å²) in [6.07, 6.45) is -10.00. The van der Waals surface area contributed by atoms with Crippen LogP contribution in [0.25, 0.3) is 28.1 Å². The van der Waals surface area contributed by atoms with Crippen LogP contribution in [0.2, 0.25) is 0 Å². The summed E-state index contributed by atoms with van der Waals surface area (Å²) in [7, 11) is -0.844. The van der Waals surface area contributed by atoms with Gasteiger partial charge in [-0.25, -0.2) is 18.7 Å². The second kappa shape index (κ2) is 37.0. The van der Waals surface area contributed by atoms with Gasteiger partial charge in [0.25, 0.3) is 11.8 Å². The first kappa shape index (κ1) is 88.9. The van der Waals surface area contributed by atoms with Gasteiger partial charge >= 0.3 is 37.1 Å². The molecule has 534 valence electrons. The number of aliphatic hydroxyl groups is 1. The van der Waals surface area contributed by atoms with Gasteiger partial charge in [0.05, 0.1) is 24.4 Å². The maximum atomic E-state index is 14.4. The SMILES string of the molecule is C.C.C.C.CC.CC(C)CO.CC(C)COC(F)(F)c1nnc2ccc(-c3cnc(OCC(F)(F)F)c(F)c3)cn12.CC(C)COC(F)(F)c1nnc2ccc(Br)cn12.CC1(C)OB(c2cnc(OCC(F)(F)F)c(F)c2)OC1(C)C.FC(F)(Cl)c1nnc2ccc(Br)cn12. The van der Waals surface area contributed by atoms with E-state index >= 15 is 0 Å². The lowest BCUT2D eigenvalue weighted by Crippen LogP contribution is -2.41. The summed E-state index contributed by atoms with van der Waals surface area (Å²) in [6, 6.07) is 11.3. The number of nitrogens with zero attached hydrogens (tertiary/aromatic N) is 11.